The highest BCUT2D eigenvalue weighted by Crippen LogP contribution is 2.33. The van der Waals surface area contributed by atoms with E-state index in [9.17, 15) is 63.7 Å². The number of hydrogen-bond donors (Lipinski definition) is 9. The fraction of sp³-hybridized carbons (Fsp3) is 0.531. The average Bonchev–Trinajstić information content (AvgIpc) is 3.07. The zero-order valence-electron chi connectivity index (χ0n) is 28.8. The van der Waals surface area contributed by atoms with E-state index in [-0.39, 0.29) is 17.9 Å². The fourth-order valence-electron chi connectivity index (χ4n) is 5.08. The molecule has 2 heterocycles. The van der Waals surface area contributed by atoms with E-state index >= 15 is 0 Å². The van der Waals surface area contributed by atoms with Crippen molar-refractivity contribution < 1.29 is 95.7 Å². The second-order valence-corrected chi connectivity index (χ2v) is 14.3. The average molecular weight is 792 g/mol. The van der Waals surface area contributed by atoms with Crippen LogP contribution in [0.5, 0.6) is 17.2 Å². The van der Waals surface area contributed by atoms with Crippen LogP contribution in [-0.4, -0.2) is 147 Å². The molecule has 2 aliphatic rings. The predicted molar refractivity (Wildman–Crippen MR) is 175 cm³/mol. The Balaban J connectivity index is 1.39. The SMILES string of the molecule is CC(C)(C)OC(=O)N[C@H](Cc1ccc(OS(=O)(=O)Oc2ccccc2O[C@@H]2O[C@H](COC3O[C@H](C(=O)O)[C@@H](O)[C@H](O)[C@H]3O)[C@H](O)[C@H](O)[C@H]2O)cc1)C(=O)O. The van der Waals surface area contributed by atoms with Crippen LogP contribution in [0.25, 0.3) is 0 Å². The van der Waals surface area contributed by atoms with Gasteiger partial charge < -0.3 is 78.2 Å². The smallest absolute Gasteiger partial charge is 0.480 e. The Labute approximate surface area is 307 Å². The van der Waals surface area contributed by atoms with E-state index in [1.165, 1.54) is 42.5 Å². The standard InChI is InChI=1S/C32H41NO20S/c1-32(2,3)51-31(44)33-16(27(40)41)12-14-8-10-15(11-9-14)52-54(45,46)53-18-7-5-4-6-17(18)48-30-25(39)21(35)20(34)19(49-30)13-47-29-24(38)22(36)23(37)26(50-29)28(42)43/h4-11,16,19-26,29-30,34-39H,12-13H2,1-3H3,(H,33,44)(H,40,41)(H,42,43)/t16-,19-,20+,21+,22+,23+,24-,25-,26+,29?,30-/m1/s1. The molecule has 1 unspecified atom stereocenters. The molecule has 2 fully saturated rings. The highest BCUT2D eigenvalue weighted by Gasteiger charge is 2.49. The summed E-state index contributed by atoms with van der Waals surface area (Å²) in [4.78, 5) is 35.1. The second kappa shape index (κ2) is 17.4. The van der Waals surface area contributed by atoms with Gasteiger partial charge in [0.15, 0.2) is 23.9 Å². The van der Waals surface area contributed by atoms with Crippen LogP contribution in [-0.2, 0) is 45.4 Å². The summed E-state index contributed by atoms with van der Waals surface area (Å²) >= 11 is 0. The van der Waals surface area contributed by atoms with Gasteiger partial charge >= 0.3 is 28.4 Å². The highest BCUT2D eigenvalue weighted by atomic mass is 32.3. The van der Waals surface area contributed by atoms with E-state index in [4.69, 9.17) is 32.1 Å². The molecule has 2 aliphatic heterocycles. The van der Waals surface area contributed by atoms with Crippen LogP contribution < -0.4 is 18.4 Å². The molecule has 300 valence electrons. The molecule has 22 heteroatoms. The number of rotatable bonds is 14. The van der Waals surface area contributed by atoms with E-state index in [1.54, 1.807) is 20.8 Å². The summed E-state index contributed by atoms with van der Waals surface area (Å²) in [6, 6.07) is 8.83. The Morgan fingerprint density at radius 2 is 1.37 bits per heavy atom. The zero-order chi connectivity index (χ0) is 40.1. The zero-order valence-corrected chi connectivity index (χ0v) is 29.6. The molecule has 2 aromatic carbocycles. The van der Waals surface area contributed by atoms with Gasteiger partial charge in [0.2, 0.25) is 6.29 Å². The van der Waals surface area contributed by atoms with Crippen molar-refractivity contribution in [2.45, 2.75) is 100 Å². The summed E-state index contributed by atoms with van der Waals surface area (Å²) < 4.78 is 62.3. The van der Waals surface area contributed by atoms with Crippen molar-refractivity contribution in [3.63, 3.8) is 0 Å². The Morgan fingerprint density at radius 1 is 0.778 bits per heavy atom. The van der Waals surface area contributed by atoms with E-state index in [0.29, 0.717) is 5.56 Å². The number of carboxylic acid groups (broad SMARTS) is 2. The minimum atomic E-state index is -4.90. The molecule has 1 amide bonds. The first kappa shape index (κ1) is 42.4. The van der Waals surface area contributed by atoms with Crippen LogP contribution in [0.4, 0.5) is 4.79 Å². The number of hydrogen-bond acceptors (Lipinski definition) is 18. The summed E-state index contributed by atoms with van der Waals surface area (Å²) in [6.07, 6.45) is -20.0. The van der Waals surface area contributed by atoms with Crippen LogP contribution in [0.2, 0.25) is 0 Å². The first-order valence-corrected chi connectivity index (χ1v) is 17.4. The number of aliphatic hydroxyl groups excluding tert-OH is 6. The molecule has 0 aliphatic carbocycles. The molecule has 4 rings (SSSR count). The molecule has 0 bridgehead atoms. The molecule has 21 nitrogen and oxygen atoms in total. The largest absolute Gasteiger partial charge is 0.501 e. The number of ether oxygens (including phenoxy) is 5. The third kappa shape index (κ3) is 11.1. The van der Waals surface area contributed by atoms with Crippen molar-refractivity contribution in [3.8, 4) is 17.2 Å². The van der Waals surface area contributed by atoms with Crippen LogP contribution in [0, 0.1) is 0 Å². The first-order valence-electron chi connectivity index (χ1n) is 16.1. The lowest BCUT2D eigenvalue weighted by Gasteiger charge is -2.42. The molecule has 0 saturated carbocycles. The lowest BCUT2D eigenvalue weighted by molar-refractivity contribution is -0.318. The summed E-state index contributed by atoms with van der Waals surface area (Å²) in [7, 11) is -4.90. The van der Waals surface area contributed by atoms with Gasteiger partial charge in [0.05, 0.1) is 6.61 Å². The van der Waals surface area contributed by atoms with E-state index in [0.717, 1.165) is 6.07 Å². The summed E-state index contributed by atoms with van der Waals surface area (Å²) in [6.45, 7) is 4.07. The molecule has 9 N–H and O–H groups in total. The maximum Gasteiger partial charge on any atom is 0.501 e. The Hall–Kier alpha value is -4.36. The molecular formula is C32H41NO20S. The molecule has 2 aromatic rings. The van der Waals surface area contributed by atoms with Crippen molar-refractivity contribution in [1.29, 1.82) is 0 Å². The van der Waals surface area contributed by atoms with Crippen LogP contribution >= 0.6 is 0 Å². The van der Waals surface area contributed by atoms with Crippen molar-refractivity contribution in [1.82, 2.24) is 5.32 Å². The molecule has 54 heavy (non-hydrogen) atoms. The van der Waals surface area contributed by atoms with Crippen LogP contribution in [0.1, 0.15) is 26.3 Å². The normalized spacial score (nSPS) is 29.4. The number of carboxylic acids is 2. The third-order valence-electron chi connectivity index (χ3n) is 7.74. The van der Waals surface area contributed by atoms with Crippen molar-refractivity contribution in [2.24, 2.45) is 0 Å². The van der Waals surface area contributed by atoms with Crippen LogP contribution in [0.15, 0.2) is 48.5 Å². The summed E-state index contributed by atoms with van der Waals surface area (Å²) in [5.41, 5.74) is -0.483. The molecule has 0 radical (unpaired) electrons. The third-order valence-corrected chi connectivity index (χ3v) is 8.52. The van der Waals surface area contributed by atoms with Gasteiger partial charge in [-0.05, 0) is 50.6 Å². The Bertz CT molecular complexity index is 1720. The summed E-state index contributed by atoms with van der Waals surface area (Å²) in [5.74, 6) is -4.12. The van der Waals surface area contributed by atoms with Crippen molar-refractivity contribution in [3.05, 3.63) is 54.1 Å². The molecule has 0 spiro atoms. The van der Waals surface area contributed by atoms with Gasteiger partial charge in [-0.25, -0.2) is 14.4 Å². The van der Waals surface area contributed by atoms with Crippen molar-refractivity contribution >= 4 is 28.4 Å². The number of carbonyl (C=O) groups is 3. The first-order chi connectivity index (χ1) is 25.2. The number of nitrogens with one attached hydrogen (secondary N) is 1. The minimum Gasteiger partial charge on any atom is -0.480 e. The minimum absolute atomic E-state index is 0.189. The molecule has 11 atom stereocenters. The van der Waals surface area contributed by atoms with Gasteiger partial charge in [-0.3, -0.25) is 0 Å². The molecule has 2 saturated heterocycles. The number of benzene rings is 2. The number of alkyl carbamates (subject to hydrolysis) is 1. The number of amides is 1. The van der Waals surface area contributed by atoms with Crippen LogP contribution in [0.3, 0.4) is 0 Å². The van der Waals surface area contributed by atoms with Gasteiger partial charge in [-0.1, -0.05) is 24.3 Å². The van der Waals surface area contributed by atoms with E-state index in [1.807, 2.05) is 0 Å². The topological polar surface area (TPSA) is 324 Å². The summed E-state index contributed by atoms with van der Waals surface area (Å²) in [5, 5.41) is 82.7. The predicted octanol–water partition coefficient (Wildman–Crippen LogP) is -2.00. The fourth-order valence-corrected chi connectivity index (χ4v) is 5.82. The lowest BCUT2D eigenvalue weighted by atomic mass is 9.98. The lowest BCUT2D eigenvalue weighted by Crippen LogP contribution is -2.62. The van der Waals surface area contributed by atoms with Gasteiger partial charge in [0.1, 0.15) is 60.1 Å². The van der Waals surface area contributed by atoms with Gasteiger partial charge in [-0.15, -0.1) is 8.42 Å². The highest BCUT2D eigenvalue weighted by molar-refractivity contribution is 7.82. The number of para-hydroxylation sites is 2. The van der Waals surface area contributed by atoms with E-state index < -0.39 is 114 Å². The van der Waals surface area contributed by atoms with E-state index in [2.05, 4.69) is 5.32 Å². The maximum atomic E-state index is 12.9. The number of aliphatic hydroxyl groups is 6. The molecule has 0 aromatic heterocycles. The Morgan fingerprint density at radius 3 is 1.96 bits per heavy atom. The number of carbonyl (C=O) groups excluding carboxylic acids is 1. The van der Waals surface area contributed by atoms with Gasteiger partial charge in [-0.2, -0.15) is 0 Å². The van der Waals surface area contributed by atoms with Gasteiger partial charge in [0.25, 0.3) is 0 Å². The monoisotopic (exact) mass is 791 g/mol. The Kier molecular flexibility index (Phi) is 13.7. The van der Waals surface area contributed by atoms with Gasteiger partial charge in [0, 0.05) is 6.42 Å². The molecular weight excluding hydrogens is 750 g/mol. The quantitative estimate of drug-likeness (QED) is 0.0999. The van der Waals surface area contributed by atoms with Crippen molar-refractivity contribution in [2.75, 3.05) is 6.61 Å². The maximum absolute atomic E-state index is 12.9. The second-order valence-electron chi connectivity index (χ2n) is 13.1. The number of aliphatic carboxylic acids is 2.